The highest BCUT2D eigenvalue weighted by molar-refractivity contribution is 9.10. The molecule has 7 nitrogen and oxygen atoms in total. The summed E-state index contributed by atoms with van der Waals surface area (Å²) in [7, 11) is 0. The van der Waals surface area contributed by atoms with E-state index < -0.39 is 0 Å². The fraction of sp³-hybridized carbons (Fsp3) is 0.333. The van der Waals surface area contributed by atoms with Crippen LogP contribution in [0.25, 0.3) is 11.4 Å². The highest BCUT2D eigenvalue weighted by atomic mass is 79.9. The molecule has 0 N–H and O–H groups in total. The standard InChI is InChI=1S/C21H21BrFN5O2/c1-14-12-15(2-4-17(14)23)21-25-19(30-26-21)6-7-20(29)28-10-8-27(9-11-28)18-5-3-16(22)13-24-18/h2-5,12-13H,6-11H2,1H3. The van der Waals surface area contributed by atoms with E-state index in [-0.39, 0.29) is 11.7 Å². The second-order valence-corrected chi connectivity index (χ2v) is 8.09. The first-order chi connectivity index (χ1) is 14.5. The Bertz CT molecular complexity index is 1030. The molecule has 0 radical (unpaired) electrons. The van der Waals surface area contributed by atoms with Crippen LogP contribution in [0.3, 0.4) is 0 Å². The van der Waals surface area contributed by atoms with Gasteiger partial charge in [0.05, 0.1) is 0 Å². The number of pyridine rings is 1. The topological polar surface area (TPSA) is 75.4 Å². The van der Waals surface area contributed by atoms with Gasteiger partial charge in [-0.25, -0.2) is 9.37 Å². The van der Waals surface area contributed by atoms with Gasteiger partial charge >= 0.3 is 0 Å². The molecule has 1 amide bonds. The van der Waals surface area contributed by atoms with Crippen LogP contribution in [-0.2, 0) is 11.2 Å². The van der Waals surface area contributed by atoms with Gasteiger partial charge in [0.15, 0.2) is 0 Å². The van der Waals surface area contributed by atoms with Crippen LogP contribution < -0.4 is 4.90 Å². The molecule has 1 fully saturated rings. The summed E-state index contributed by atoms with van der Waals surface area (Å²) in [6, 6.07) is 8.60. The number of aryl methyl sites for hydroxylation is 2. The molecule has 1 saturated heterocycles. The zero-order valence-corrected chi connectivity index (χ0v) is 18.1. The van der Waals surface area contributed by atoms with E-state index in [1.807, 2.05) is 17.0 Å². The second-order valence-electron chi connectivity index (χ2n) is 7.18. The quantitative estimate of drug-likeness (QED) is 0.563. The van der Waals surface area contributed by atoms with Crippen LogP contribution >= 0.6 is 15.9 Å². The van der Waals surface area contributed by atoms with Crippen LogP contribution in [0.2, 0.25) is 0 Å². The molecule has 0 saturated carbocycles. The minimum atomic E-state index is -0.274. The van der Waals surface area contributed by atoms with E-state index in [4.69, 9.17) is 4.52 Å². The first kappa shape index (κ1) is 20.5. The lowest BCUT2D eigenvalue weighted by molar-refractivity contribution is -0.131. The molecule has 156 valence electrons. The highest BCUT2D eigenvalue weighted by Crippen LogP contribution is 2.20. The summed E-state index contributed by atoms with van der Waals surface area (Å²) in [5.74, 6) is 1.51. The van der Waals surface area contributed by atoms with Gasteiger partial charge < -0.3 is 14.3 Å². The number of anilines is 1. The normalized spacial score (nSPS) is 14.2. The molecule has 1 aromatic carbocycles. The number of piperazine rings is 1. The van der Waals surface area contributed by atoms with Crippen molar-refractivity contribution in [2.75, 3.05) is 31.1 Å². The maximum absolute atomic E-state index is 13.4. The molecule has 3 aromatic rings. The fourth-order valence-corrected chi connectivity index (χ4v) is 3.60. The van der Waals surface area contributed by atoms with Crippen molar-refractivity contribution in [2.45, 2.75) is 19.8 Å². The van der Waals surface area contributed by atoms with Crippen molar-refractivity contribution in [2.24, 2.45) is 0 Å². The third kappa shape index (κ3) is 4.67. The first-order valence-electron chi connectivity index (χ1n) is 9.73. The minimum Gasteiger partial charge on any atom is -0.353 e. The predicted molar refractivity (Wildman–Crippen MR) is 113 cm³/mol. The zero-order valence-electron chi connectivity index (χ0n) is 16.5. The van der Waals surface area contributed by atoms with Crippen LogP contribution in [0.1, 0.15) is 17.9 Å². The van der Waals surface area contributed by atoms with Crippen LogP contribution in [0.15, 0.2) is 45.5 Å². The summed E-state index contributed by atoms with van der Waals surface area (Å²) < 4.78 is 19.6. The van der Waals surface area contributed by atoms with E-state index in [1.165, 1.54) is 6.07 Å². The number of amides is 1. The van der Waals surface area contributed by atoms with Gasteiger partial charge in [0.2, 0.25) is 17.6 Å². The molecule has 0 bridgehead atoms. The summed E-state index contributed by atoms with van der Waals surface area (Å²) in [5, 5.41) is 3.95. The molecule has 30 heavy (non-hydrogen) atoms. The van der Waals surface area contributed by atoms with Gasteiger partial charge in [0.25, 0.3) is 0 Å². The number of carbonyl (C=O) groups excluding carboxylic acids is 1. The maximum atomic E-state index is 13.4. The molecule has 9 heteroatoms. The highest BCUT2D eigenvalue weighted by Gasteiger charge is 2.22. The van der Waals surface area contributed by atoms with Crippen molar-refractivity contribution in [3.8, 4) is 11.4 Å². The van der Waals surface area contributed by atoms with Crippen molar-refractivity contribution >= 4 is 27.7 Å². The number of hydrogen-bond donors (Lipinski definition) is 0. The lowest BCUT2D eigenvalue weighted by atomic mass is 10.1. The van der Waals surface area contributed by atoms with Gasteiger partial charge in [0.1, 0.15) is 11.6 Å². The Morgan fingerprint density at radius 1 is 1.20 bits per heavy atom. The Labute approximate surface area is 182 Å². The number of benzene rings is 1. The smallest absolute Gasteiger partial charge is 0.227 e. The molecule has 0 atom stereocenters. The third-order valence-corrected chi connectivity index (χ3v) is 5.57. The number of aromatic nitrogens is 3. The Morgan fingerprint density at radius 3 is 2.70 bits per heavy atom. The van der Waals surface area contributed by atoms with Crippen molar-refractivity contribution in [3.05, 3.63) is 58.3 Å². The van der Waals surface area contributed by atoms with E-state index in [0.717, 1.165) is 23.4 Å². The molecule has 4 rings (SSSR count). The first-order valence-corrected chi connectivity index (χ1v) is 10.5. The fourth-order valence-electron chi connectivity index (χ4n) is 3.37. The molecule has 2 aromatic heterocycles. The average molecular weight is 474 g/mol. The Hall–Kier alpha value is -2.81. The molecule has 0 spiro atoms. The van der Waals surface area contributed by atoms with Gasteiger partial charge in [0, 0.05) is 55.3 Å². The number of halogens is 2. The molecule has 1 aliphatic heterocycles. The van der Waals surface area contributed by atoms with Crippen molar-refractivity contribution in [1.29, 1.82) is 0 Å². The van der Waals surface area contributed by atoms with Crippen molar-refractivity contribution in [1.82, 2.24) is 20.0 Å². The Kier molecular flexibility index (Phi) is 6.08. The third-order valence-electron chi connectivity index (χ3n) is 5.11. The molecular weight excluding hydrogens is 453 g/mol. The van der Waals surface area contributed by atoms with Gasteiger partial charge in [-0.1, -0.05) is 5.16 Å². The average Bonchev–Trinajstić information content (AvgIpc) is 3.24. The van der Waals surface area contributed by atoms with Crippen LogP contribution in [-0.4, -0.2) is 52.1 Å². The number of rotatable bonds is 5. The Balaban J connectivity index is 1.28. The summed E-state index contributed by atoms with van der Waals surface area (Å²) >= 11 is 3.39. The van der Waals surface area contributed by atoms with Crippen molar-refractivity contribution in [3.63, 3.8) is 0 Å². The lowest BCUT2D eigenvalue weighted by Gasteiger charge is -2.35. The van der Waals surface area contributed by atoms with Gasteiger partial charge in [-0.05, 0) is 58.7 Å². The van der Waals surface area contributed by atoms with Gasteiger partial charge in [-0.15, -0.1) is 0 Å². The predicted octanol–water partition coefficient (Wildman–Crippen LogP) is 3.62. The van der Waals surface area contributed by atoms with E-state index >= 15 is 0 Å². The molecule has 3 heterocycles. The van der Waals surface area contributed by atoms with E-state index in [0.29, 0.717) is 48.8 Å². The van der Waals surface area contributed by atoms with E-state index in [1.54, 1.807) is 25.3 Å². The van der Waals surface area contributed by atoms with E-state index in [2.05, 4.69) is 36.0 Å². The molecule has 1 aliphatic rings. The molecular formula is C21H21BrFN5O2. The minimum absolute atomic E-state index is 0.0655. The van der Waals surface area contributed by atoms with Crippen LogP contribution in [0, 0.1) is 12.7 Å². The lowest BCUT2D eigenvalue weighted by Crippen LogP contribution is -2.49. The summed E-state index contributed by atoms with van der Waals surface area (Å²) in [5.41, 5.74) is 1.21. The van der Waals surface area contributed by atoms with E-state index in [9.17, 15) is 9.18 Å². The van der Waals surface area contributed by atoms with Crippen LogP contribution in [0.5, 0.6) is 0 Å². The van der Waals surface area contributed by atoms with Gasteiger partial charge in [-0.3, -0.25) is 4.79 Å². The monoisotopic (exact) mass is 473 g/mol. The second kappa shape index (κ2) is 8.91. The largest absolute Gasteiger partial charge is 0.353 e. The number of carbonyl (C=O) groups is 1. The van der Waals surface area contributed by atoms with Gasteiger partial charge in [-0.2, -0.15) is 4.98 Å². The summed E-state index contributed by atoms with van der Waals surface area (Å²) in [6.45, 7) is 4.48. The van der Waals surface area contributed by atoms with Crippen molar-refractivity contribution < 1.29 is 13.7 Å². The number of nitrogens with zero attached hydrogens (tertiary/aromatic N) is 5. The SMILES string of the molecule is Cc1cc(-c2noc(CCC(=O)N3CCN(c4ccc(Br)cn4)CC3)n2)ccc1F. The molecule has 0 aliphatic carbocycles. The number of hydrogen-bond acceptors (Lipinski definition) is 6. The summed E-state index contributed by atoms with van der Waals surface area (Å²) in [4.78, 5) is 25.3. The van der Waals surface area contributed by atoms with Crippen LogP contribution in [0.4, 0.5) is 10.2 Å². The Morgan fingerprint density at radius 2 is 2.00 bits per heavy atom. The maximum Gasteiger partial charge on any atom is 0.227 e. The zero-order chi connectivity index (χ0) is 21.1. The molecule has 0 unspecified atom stereocenters. The summed E-state index contributed by atoms with van der Waals surface area (Å²) in [6.07, 6.45) is 2.46.